The molecule has 0 aliphatic rings. The van der Waals surface area contributed by atoms with Crippen molar-refractivity contribution < 1.29 is 4.74 Å². The maximum Gasteiger partial charge on any atom is 0.0483 e. The molecule has 2 nitrogen and oxygen atoms in total. The van der Waals surface area contributed by atoms with Gasteiger partial charge in [-0.15, -0.1) is 0 Å². The van der Waals surface area contributed by atoms with Crippen LogP contribution in [0.1, 0.15) is 38.7 Å². The van der Waals surface area contributed by atoms with Crippen LogP contribution in [0.3, 0.4) is 0 Å². The number of rotatable bonds is 8. The quantitative estimate of drug-likeness (QED) is 0.702. The van der Waals surface area contributed by atoms with Crippen LogP contribution in [-0.2, 0) is 11.2 Å². The van der Waals surface area contributed by atoms with E-state index in [2.05, 4.69) is 38.1 Å². The number of hydrogen-bond donors (Lipinski definition) is 1. The molecule has 0 bridgehead atoms. The second-order valence-corrected chi connectivity index (χ2v) is 5.03. The summed E-state index contributed by atoms with van der Waals surface area (Å²) in [6, 6.07) is 10.4. The molecule has 0 aliphatic carbocycles. The fourth-order valence-electron chi connectivity index (χ4n) is 1.80. The zero-order chi connectivity index (χ0) is 12.6. The van der Waals surface area contributed by atoms with E-state index < -0.39 is 0 Å². The standard InChI is InChI=1S/C15H25NO/c1-3-4-11-17-12-10-15(2,16)13-14-8-6-5-7-9-14/h5-9H,3-4,10-13,16H2,1-2H3. The summed E-state index contributed by atoms with van der Waals surface area (Å²) in [6.07, 6.45) is 4.14. The molecule has 0 radical (unpaired) electrons. The van der Waals surface area contributed by atoms with Crippen molar-refractivity contribution in [3.05, 3.63) is 35.9 Å². The summed E-state index contributed by atoms with van der Waals surface area (Å²) in [5.41, 5.74) is 7.41. The van der Waals surface area contributed by atoms with Gasteiger partial charge in [-0.25, -0.2) is 0 Å². The van der Waals surface area contributed by atoms with Crippen LogP contribution in [0, 0.1) is 0 Å². The van der Waals surface area contributed by atoms with Crippen molar-refractivity contribution in [2.45, 2.75) is 45.1 Å². The fraction of sp³-hybridized carbons (Fsp3) is 0.600. The van der Waals surface area contributed by atoms with Gasteiger partial charge >= 0.3 is 0 Å². The van der Waals surface area contributed by atoms with Gasteiger partial charge in [0.2, 0.25) is 0 Å². The third-order valence-electron chi connectivity index (χ3n) is 2.91. The summed E-state index contributed by atoms with van der Waals surface area (Å²) >= 11 is 0. The molecule has 0 saturated carbocycles. The first-order valence-electron chi connectivity index (χ1n) is 6.54. The topological polar surface area (TPSA) is 35.2 Å². The molecule has 0 spiro atoms. The highest BCUT2D eigenvalue weighted by molar-refractivity contribution is 5.17. The highest BCUT2D eigenvalue weighted by atomic mass is 16.5. The van der Waals surface area contributed by atoms with E-state index in [-0.39, 0.29) is 5.54 Å². The Labute approximate surface area is 105 Å². The average molecular weight is 235 g/mol. The molecule has 0 amide bonds. The van der Waals surface area contributed by atoms with Crippen molar-refractivity contribution in [3.8, 4) is 0 Å². The third kappa shape index (κ3) is 6.44. The van der Waals surface area contributed by atoms with E-state index >= 15 is 0 Å². The van der Waals surface area contributed by atoms with E-state index in [1.165, 1.54) is 12.0 Å². The SMILES string of the molecule is CCCCOCCC(C)(N)Cc1ccccc1. The van der Waals surface area contributed by atoms with Crippen LogP contribution in [0.25, 0.3) is 0 Å². The van der Waals surface area contributed by atoms with Gasteiger partial charge in [0.1, 0.15) is 0 Å². The molecule has 96 valence electrons. The summed E-state index contributed by atoms with van der Waals surface area (Å²) in [4.78, 5) is 0. The molecule has 1 aromatic rings. The number of unbranched alkanes of at least 4 members (excludes halogenated alkanes) is 1. The van der Waals surface area contributed by atoms with E-state index in [1.807, 2.05) is 6.07 Å². The van der Waals surface area contributed by atoms with Crippen LogP contribution in [0.4, 0.5) is 0 Å². The van der Waals surface area contributed by atoms with E-state index in [0.29, 0.717) is 0 Å². The first-order chi connectivity index (χ1) is 8.14. The lowest BCUT2D eigenvalue weighted by Crippen LogP contribution is -2.39. The number of nitrogens with two attached hydrogens (primary N) is 1. The number of benzene rings is 1. The summed E-state index contributed by atoms with van der Waals surface area (Å²) in [7, 11) is 0. The van der Waals surface area contributed by atoms with E-state index in [4.69, 9.17) is 10.5 Å². The molecule has 2 heteroatoms. The Morgan fingerprint density at radius 2 is 1.88 bits per heavy atom. The highest BCUT2D eigenvalue weighted by Gasteiger charge is 2.18. The monoisotopic (exact) mass is 235 g/mol. The molecule has 0 fully saturated rings. The molecule has 17 heavy (non-hydrogen) atoms. The number of hydrogen-bond acceptors (Lipinski definition) is 2. The second-order valence-electron chi connectivity index (χ2n) is 5.03. The molecule has 0 aliphatic heterocycles. The van der Waals surface area contributed by atoms with Gasteiger partial charge in [0.15, 0.2) is 0 Å². The molecule has 0 heterocycles. The lowest BCUT2D eigenvalue weighted by Gasteiger charge is -2.24. The second kappa shape index (κ2) is 7.46. The van der Waals surface area contributed by atoms with Gasteiger partial charge in [-0.1, -0.05) is 43.7 Å². The molecule has 0 saturated heterocycles. The van der Waals surface area contributed by atoms with Gasteiger partial charge in [0.05, 0.1) is 0 Å². The van der Waals surface area contributed by atoms with Crippen LogP contribution in [-0.4, -0.2) is 18.8 Å². The summed E-state index contributed by atoms with van der Waals surface area (Å²) < 4.78 is 5.57. The van der Waals surface area contributed by atoms with Gasteiger partial charge in [0, 0.05) is 18.8 Å². The van der Waals surface area contributed by atoms with Gasteiger partial charge in [0.25, 0.3) is 0 Å². The van der Waals surface area contributed by atoms with Crippen LogP contribution in [0.2, 0.25) is 0 Å². The average Bonchev–Trinajstić information content (AvgIpc) is 2.29. The predicted molar refractivity (Wildman–Crippen MR) is 73.1 cm³/mol. The molecular formula is C15H25NO. The van der Waals surface area contributed by atoms with Crippen LogP contribution >= 0.6 is 0 Å². The Balaban J connectivity index is 2.26. The molecule has 1 rings (SSSR count). The Bertz CT molecular complexity index is 295. The Kier molecular flexibility index (Phi) is 6.23. The van der Waals surface area contributed by atoms with Crippen LogP contribution in [0.15, 0.2) is 30.3 Å². The smallest absolute Gasteiger partial charge is 0.0483 e. The molecule has 0 aromatic heterocycles. The summed E-state index contributed by atoms with van der Waals surface area (Å²) in [5.74, 6) is 0. The lowest BCUT2D eigenvalue weighted by molar-refractivity contribution is 0.114. The predicted octanol–water partition coefficient (Wildman–Crippen LogP) is 3.15. The first-order valence-corrected chi connectivity index (χ1v) is 6.54. The minimum atomic E-state index is -0.173. The maximum absolute atomic E-state index is 6.28. The number of ether oxygens (including phenoxy) is 1. The van der Waals surface area contributed by atoms with Gasteiger partial charge in [-0.2, -0.15) is 0 Å². The fourth-order valence-corrected chi connectivity index (χ4v) is 1.80. The Morgan fingerprint density at radius 1 is 1.18 bits per heavy atom. The van der Waals surface area contributed by atoms with Crippen molar-refractivity contribution >= 4 is 0 Å². The van der Waals surface area contributed by atoms with E-state index in [1.54, 1.807) is 0 Å². The Hall–Kier alpha value is -0.860. The van der Waals surface area contributed by atoms with E-state index in [0.717, 1.165) is 32.5 Å². The zero-order valence-corrected chi connectivity index (χ0v) is 11.1. The molecule has 2 N–H and O–H groups in total. The lowest BCUT2D eigenvalue weighted by atomic mass is 9.91. The van der Waals surface area contributed by atoms with Crippen LogP contribution < -0.4 is 5.73 Å². The molecule has 1 unspecified atom stereocenters. The van der Waals surface area contributed by atoms with Crippen molar-refractivity contribution in [2.24, 2.45) is 5.73 Å². The van der Waals surface area contributed by atoms with E-state index in [9.17, 15) is 0 Å². The van der Waals surface area contributed by atoms with Crippen molar-refractivity contribution in [1.82, 2.24) is 0 Å². The Morgan fingerprint density at radius 3 is 2.53 bits per heavy atom. The van der Waals surface area contributed by atoms with Crippen molar-refractivity contribution in [2.75, 3.05) is 13.2 Å². The first kappa shape index (κ1) is 14.2. The van der Waals surface area contributed by atoms with Gasteiger partial charge < -0.3 is 10.5 Å². The van der Waals surface area contributed by atoms with Gasteiger partial charge in [-0.3, -0.25) is 0 Å². The minimum absolute atomic E-state index is 0.173. The zero-order valence-electron chi connectivity index (χ0n) is 11.1. The van der Waals surface area contributed by atoms with Crippen molar-refractivity contribution in [3.63, 3.8) is 0 Å². The maximum atomic E-state index is 6.28. The largest absolute Gasteiger partial charge is 0.381 e. The summed E-state index contributed by atoms with van der Waals surface area (Å²) in [5, 5.41) is 0. The highest BCUT2D eigenvalue weighted by Crippen LogP contribution is 2.14. The van der Waals surface area contributed by atoms with Gasteiger partial charge in [-0.05, 0) is 31.7 Å². The van der Waals surface area contributed by atoms with Crippen molar-refractivity contribution in [1.29, 1.82) is 0 Å². The summed E-state index contributed by atoms with van der Waals surface area (Å²) in [6.45, 7) is 5.90. The molecular weight excluding hydrogens is 210 g/mol. The molecule has 1 atom stereocenters. The minimum Gasteiger partial charge on any atom is -0.381 e. The third-order valence-corrected chi connectivity index (χ3v) is 2.91. The normalized spacial score (nSPS) is 14.5. The van der Waals surface area contributed by atoms with Crippen LogP contribution in [0.5, 0.6) is 0 Å². The molecule has 1 aromatic carbocycles.